The molecule has 0 unspecified atom stereocenters. The highest BCUT2D eigenvalue weighted by Gasteiger charge is 2.35. The number of esters is 1. The minimum Gasteiger partial charge on any atom is -0.490 e. The van der Waals surface area contributed by atoms with Crippen LogP contribution in [0.25, 0.3) is 23.1 Å². The van der Waals surface area contributed by atoms with Crippen molar-refractivity contribution in [1.29, 1.82) is 0 Å². The van der Waals surface area contributed by atoms with E-state index in [-0.39, 0.29) is 23.4 Å². The zero-order chi connectivity index (χ0) is 34.7. The summed E-state index contributed by atoms with van der Waals surface area (Å²) < 4.78 is 25.2. The summed E-state index contributed by atoms with van der Waals surface area (Å²) in [5.41, 5.74) is 2.90. The average molecular weight is 680 g/mol. The molecule has 0 saturated heterocycles. The number of benzene rings is 3. The van der Waals surface area contributed by atoms with Crippen molar-refractivity contribution in [2.75, 3.05) is 19.8 Å². The van der Waals surface area contributed by atoms with Gasteiger partial charge in [0.1, 0.15) is 11.5 Å². The number of non-ortho nitro benzene ring substituents is 1. The molecule has 0 fully saturated rings. The van der Waals surface area contributed by atoms with Crippen molar-refractivity contribution in [1.82, 2.24) is 4.57 Å². The van der Waals surface area contributed by atoms with E-state index in [1.807, 2.05) is 50.2 Å². The first-order valence-electron chi connectivity index (χ1n) is 15.8. The van der Waals surface area contributed by atoms with Gasteiger partial charge in [-0.25, -0.2) is 9.79 Å². The third-order valence-electron chi connectivity index (χ3n) is 7.84. The van der Waals surface area contributed by atoms with Gasteiger partial charge in [-0.1, -0.05) is 47.7 Å². The Kier molecular flexibility index (Phi) is 9.58. The number of furan rings is 1. The van der Waals surface area contributed by atoms with E-state index >= 15 is 0 Å². The van der Waals surface area contributed by atoms with Crippen molar-refractivity contribution in [2.24, 2.45) is 4.99 Å². The molecule has 1 aliphatic heterocycles. The number of aromatic nitrogens is 1. The summed E-state index contributed by atoms with van der Waals surface area (Å²) in [5.74, 6) is 1.34. The van der Waals surface area contributed by atoms with E-state index in [1.165, 1.54) is 28.0 Å². The van der Waals surface area contributed by atoms with Crippen LogP contribution >= 0.6 is 11.3 Å². The molecule has 250 valence electrons. The monoisotopic (exact) mass is 679 g/mol. The molecule has 5 aromatic rings. The standard InChI is InChI=1S/C37H33N3O8S/c1-5-45-29-17-13-24(20-30(29)46-6-2)34-32(36(42)47-7-3)33(23-11-9-8-10-12-23)38-37-39(34)35(41)31(49-37)21-26-15-18-28(48-26)27-16-14-25(40(43)44)19-22(27)4/h8-21,34H,5-7H2,1-4H3/b31-21+/t34-/m1/s1. The molecule has 3 aromatic carbocycles. The van der Waals surface area contributed by atoms with Crippen LogP contribution in [0.4, 0.5) is 5.69 Å². The number of nitro groups is 1. The second kappa shape index (κ2) is 14.2. The number of carbonyl (C=O) groups excluding carboxylic acids is 1. The summed E-state index contributed by atoms with van der Waals surface area (Å²) in [4.78, 5) is 44.2. The summed E-state index contributed by atoms with van der Waals surface area (Å²) in [6.07, 6.45) is 1.63. The van der Waals surface area contributed by atoms with E-state index < -0.39 is 16.9 Å². The lowest BCUT2D eigenvalue weighted by Crippen LogP contribution is -2.40. The highest BCUT2D eigenvalue weighted by atomic mass is 32.1. The van der Waals surface area contributed by atoms with Crippen molar-refractivity contribution in [2.45, 2.75) is 33.7 Å². The number of nitro benzene ring substituents is 1. The van der Waals surface area contributed by atoms with Gasteiger partial charge >= 0.3 is 5.97 Å². The van der Waals surface area contributed by atoms with Crippen LogP contribution < -0.4 is 24.4 Å². The number of hydrogen-bond acceptors (Lipinski definition) is 10. The molecule has 1 aliphatic rings. The average Bonchev–Trinajstić information content (AvgIpc) is 3.69. The van der Waals surface area contributed by atoms with Crippen molar-refractivity contribution in [3.05, 3.63) is 137 Å². The predicted octanol–water partition coefficient (Wildman–Crippen LogP) is 6.21. The second-order valence-corrected chi connectivity index (χ2v) is 12.0. The Labute approximate surface area is 285 Å². The summed E-state index contributed by atoms with van der Waals surface area (Å²) in [6, 6.07) is 21.8. The van der Waals surface area contributed by atoms with Crippen molar-refractivity contribution in [3.8, 4) is 22.8 Å². The molecule has 1 atom stereocenters. The van der Waals surface area contributed by atoms with Crippen molar-refractivity contribution < 1.29 is 28.3 Å². The van der Waals surface area contributed by atoms with Gasteiger partial charge in [0, 0.05) is 29.3 Å². The van der Waals surface area contributed by atoms with Crippen LogP contribution in [0, 0.1) is 17.0 Å². The van der Waals surface area contributed by atoms with Gasteiger partial charge in [0.05, 0.1) is 46.6 Å². The van der Waals surface area contributed by atoms with Gasteiger partial charge in [0.2, 0.25) is 0 Å². The van der Waals surface area contributed by atoms with Gasteiger partial charge in [0.15, 0.2) is 16.3 Å². The minimum absolute atomic E-state index is 0.0124. The first kappa shape index (κ1) is 33.2. The molecule has 0 spiro atoms. The largest absolute Gasteiger partial charge is 0.490 e. The van der Waals surface area contributed by atoms with Crippen molar-refractivity contribution >= 4 is 34.8 Å². The molecule has 11 nitrogen and oxygen atoms in total. The third kappa shape index (κ3) is 6.55. The molecule has 0 amide bonds. The zero-order valence-electron chi connectivity index (χ0n) is 27.3. The maximum Gasteiger partial charge on any atom is 0.338 e. The molecule has 6 rings (SSSR count). The molecule has 0 aliphatic carbocycles. The molecule has 3 heterocycles. The summed E-state index contributed by atoms with van der Waals surface area (Å²) >= 11 is 1.17. The summed E-state index contributed by atoms with van der Waals surface area (Å²) in [7, 11) is 0. The maximum absolute atomic E-state index is 14.3. The number of fused-ring (bicyclic) bond motifs is 1. The zero-order valence-corrected chi connectivity index (χ0v) is 28.1. The van der Waals surface area contributed by atoms with Gasteiger partial charge in [0.25, 0.3) is 11.2 Å². The number of carbonyl (C=O) groups is 1. The van der Waals surface area contributed by atoms with Crippen LogP contribution in [-0.2, 0) is 9.53 Å². The van der Waals surface area contributed by atoms with Crippen molar-refractivity contribution in [3.63, 3.8) is 0 Å². The van der Waals surface area contributed by atoms with Gasteiger partial charge < -0.3 is 18.6 Å². The molecule has 2 aromatic heterocycles. The Hall–Kier alpha value is -5.75. The quantitative estimate of drug-likeness (QED) is 0.0914. The topological polar surface area (TPSA) is 135 Å². The Morgan fingerprint density at radius 2 is 1.73 bits per heavy atom. The van der Waals surface area contributed by atoms with E-state index in [0.717, 1.165) is 0 Å². The fourth-order valence-corrected chi connectivity index (χ4v) is 6.72. The van der Waals surface area contributed by atoms with Crippen LogP contribution in [0.5, 0.6) is 11.5 Å². The molecule has 0 N–H and O–H groups in total. The third-order valence-corrected chi connectivity index (χ3v) is 8.83. The normalized spacial score (nSPS) is 14.3. The Morgan fingerprint density at radius 3 is 2.43 bits per heavy atom. The van der Waals surface area contributed by atoms with Gasteiger partial charge in [-0.3, -0.25) is 19.5 Å². The van der Waals surface area contributed by atoms with Gasteiger partial charge in [-0.05, 0) is 69.2 Å². The molecule has 49 heavy (non-hydrogen) atoms. The Bertz CT molecular complexity index is 2270. The second-order valence-electron chi connectivity index (χ2n) is 11.0. The van der Waals surface area contributed by atoms with Crippen LogP contribution in [0.1, 0.15) is 49.3 Å². The number of nitrogens with zero attached hydrogens (tertiary/aromatic N) is 3. The van der Waals surface area contributed by atoms with Crippen LogP contribution in [0.2, 0.25) is 0 Å². The fourth-order valence-electron chi connectivity index (χ4n) is 5.74. The number of thiazole rings is 1. The number of aryl methyl sites for hydroxylation is 1. The van der Waals surface area contributed by atoms with E-state index in [9.17, 15) is 19.7 Å². The molecule has 0 radical (unpaired) electrons. The molecule has 0 saturated carbocycles. The highest BCUT2D eigenvalue weighted by Crippen LogP contribution is 2.39. The smallest absolute Gasteiger partial charge is 0.338 e. The van der Waals surface area contributed by atoms with Crippen LogP contribution in [-0.4, -0.2) is 35.3 Å². The summed E-state index contributed by atoms with van der Waals surface area (Å²) in [5, 5.41) is 11.2. The minimum atomic E-state index is -0.905. The lowest BCUT2D eigenvalue weighted by molar-refractivity contribution is -0.384. The number of hydrogen-bond donors (Lipinski definition) is 0. The van der Waals surface area contributed by atoms with E-state index in [2.05, 4.69) is 0 Å². The summed E-state index contributed by atoms with van der Waals surface area (Å²) in [6.45, 7) is 8.18. The highest BCUT2D eigenvalue weighted by molar-refractivity contribution is 7.07. The predicted molar refractivity (Wildman–Crippen MR) is 185 cm³/mol. The fraction of sp³-hybridized carbons (Fsp3) is 0.216. The first-order valence-corrected chi connectivity index (χ1v) is 16.6. The van der Waals surface area contributed by atoms with Gasteiger partial charge in [-0.15, -0.1) is 0 Å². The van der Waals surface area contributed by atoms with Crippen LogP contribution in [0.3, 0.4) is 0 Å². The number of ether oxygens (including phenoxy) is 3. The lowest BCUT2D eigenvalue weighted by atomic mass is 9.93. The molecule has 12 heteroatoms. The lowest BCUT2D eigenvalue weighted by Gasteiger charge is -2.26. The van der Waals surface area contributed by atoms with E-state index in [1.54, 1.807) is 50.3 Å². The van der Waals surface area contributed by atoms with E-state index in [0.29, 0.717) is 73.5 Å². The Balaban J connectivity index is 1.55. The first-order chi connectivity index (χ1) is 23.7. The Morgan fingerprint density at radius 1 is 0.980 bits per heavy atom. The van der Waals surface area contributed by atoms with E-state index in [4.69, 9.17) is 23.6 Å². The maximum atomic E-state index is 14.3. The van der Waals surface area contributed by atoms with Crippen LogP contribution in [0.15, 0.2) is 98.6 Å². The molecular weight excluding hydrogens is 646 g/mol. The molecular formula is C37H33N3O8S. The van der Waals surface area contributed by atoms with Gasteiger partial charge in [-0.2, -0.15) is 0 Å². The number of rotatable bonds is 11. The molecule has 0 bridgehead atoms. The SMILES string of the molecule is CCOC(=O)C1=C(c2ccccc2)N=c2s/c(=C/c3ccc(-c4ccc([N+](=O)[O-])cc4C)o3)c(=O)n2[C@@H]1c1ccc(OCC)c(OCC)c1.